The van der Waals surface area contributed by atoms with Crippen molar-refractivity contribution in [3.63, 3.8) is 0 Å². The average molecular weight is 300 g/mol. The normalized spacial score (nSPS) is 12.3. The van der Waals surface area contributed by atoms with Crippen LogP contribution < -0.4 is 0 Å². The van der Waals surface area contributed by atoms with Crippen molar-refractivity contribution in [2.45, 2.75) is 26.2 Å². The van der Waals surface area contributed by atoms with Gasteiger partial charge in [0.15, 0.2) is 0 Å². The van der Waals surface area contributed by atoms with Crippen LogP contribution in [0.4, 0.5) is 0 Å². The number of pyridine rings is 1. The van der Waals surface area contributed by atoms with Gasteiger partial charge in [0.1, 0.15) is 11.4 Å². The molecule has 0 bridgehead atoms. The second-order valence-electron chi connectivity index (χ2n) is 5.91. The Labute approximate surface area is 130 Å². The molecule has 0 aliphatic rings. The number of aromatic nitrogens is 1. The fourth-order valence-electron chi connectivity index (χ4n) is 2.15. The summed E-state index contributed by atoms with van der Waals surface area (Å²) >= 11 is 5.93. The summed E-state index contributed by atoms with van der Waals surface area (Å²) in [6.07, 6.45) is 3.99. The Morgan fingerprint density at radius 3 is 2.29 bits per heavy atom. The SMILES string of the molecule is CC(C)(C)c1ccc(C(=CC=O)c2ccnc(Cl)c2)cc1. The van der Waals surface area contributed by atoms with Gasteiger partial charge in [0, 0.05) is 6.20 Å². The van der Waals surface area contributed by atoms with Crippen LogP contribution >= 0.6 is 11.6 Å². The molecule has 1 aromatic carbocycles. The number of allylic oxidation sites excluding steroid dienone is 1. The first-order valence-corrected chi connectivity index (χ1v) is 7.18. The Kier molecular flexibility index (Phi) is 4.59. The summed E-state index contributed by atoms with van der Waals surface area (Å²) in [5, 5.41) is 0.413. The molecular weight excluding hydrogens is 282 g/mol. The van der Waals surface area contributed by atoms with Crippen LogP contribution in [-0.2, 0) is 10.2 Å². The van der Waals surface area contributed by atoms with E-state index in [4.69, 9.17) is 11.6 Å². The maximum Gasteiger partial charge on any atom is 0.143 e. The highest BCUT2D eigenvalue weighted by Crippen LogP contribution is 2.28. The molecule has 0 saturated heterocycles. The molecule has 0 saturated carbocycles. The Morgan fingerprint density at radius 2 is 1.76 bits per heavy atom. The van der Waals surface area contributed by atoms with Gasteiger partial charge in [0.2, 0.25) is 0 Å². The summed E-state index contributed by atoms with van der Waals surface area (Å²) in [7, 11) is 0. The van der Waals surface area contributed by atoms with Gasteiger partial charge < -0.3 is 0 Å². The average Bonchev–Trinajstić information content (AvgIpc) is 2.44. The first-order chi connectivity index (χ1) is 9.91. The van der Waals surface area contributed by atoms with Crippen LogP contribution in [0, 0.1) is 0 Å². The molecule has 0 aliphatic heterocycles. The van der Waals surface area contributed by atoms with Crippen molar-refractivity contribution in [3.05, 3.63) is 70.5 Å². The number of aldehydes is 1. The van der Waals surface area contributed by atoms with E-state index in [0.29, 0.717) is 5.15 Å². The third kappa shape index (κ3) is 3.79. The van der Waals surface area contributed by atoms with E-state index in [0.717, 1.165) is 23.0 Å². The van der Waals surface area contributed by atoms with Gasteiger partial charge in [-0.15, -0.1) is 0 Å². The van der Waals surface area contributed by atoms with Gasteiger partial charge in [-0.25, -0.2) is 4.98 Å². The minimum Gasteiger partial charge on any atom is -0.299 e. The first-order valence-electron chi connectivity index (χ1n) is 6.80. The van der Waals surface area contributed by atoms with E-state index < -0.39 is 0 Å². The van der Waals surface area contributed by atoms with E-state index in [1.807, 2.05) is 18.2 Å². The van der Waals surface area contributed by atoms with E-state index in [2.05, 4.69) is 37.9 Å². The van der Waals surface area contributed by atoms with Gasteiger partial charge in [-0.3, -0.25) is 4.79 Å². The molecule has 0 N–H and O–H groups in total. The molecule has 0 unspecified atom stereocenters. The number of nitrogens with zero attached hydrogens (tertiary/aromatic N) is 1. The van der Waals surface area contributed by atoms with Crippen LogP contribution in [0.15, 0.2) is 48.7 Å². The lowest BCUT2D eigenvalue weighted by Crippen LogP contribution is -2.10. The molecule has 3 heteroatoms. The van der Waals surface area contributed by atoms with Crippen molar-refractivity contribution in [2.24, 2.45) is 0 Å². The van der Waals surface area contributed by atoms with Crippen LogP contribution in [0.25, 0.3) is 5.57 Å². The number of rotatable bonds is 3. The number of halogens is 1. The molecule has 2 rings (SSSR count). The lowest BCUT2D eigenvalue weighted by Gasteiger charge is -2.19. The minimum absolute atomic E-state index is 0.104. The zero-order chi connectivity index (χ0) is 15.5. The lowest BCUT2D eigenvalue weighted by atomic mass is 9.86. The molecule has 1 aromatic heterocycles. The smallest absolute Gasteiger partial charge is 0.143 e. The first kappa shape index (κ1) is 15.5. The summed E-state index contributed by atoms with van der Waals surface area (Å²) < 4.78 is 0. The number of benzene rings is 1. The van der Waals surface area contributed by atoms with E-state index >= 15 is 0 Å². The zero-order valence-corrected chi connectivity index (χ0v) is 13.2. The van der Waals surface area contributed by atoms with Crippen LogP contribution in [0.3, 0.4) is 0 Å². The zero-order valence-electron chi connectivity index (χ0n) is 12.4. The maximum absolute atomic E-state index is 10.9. The van der Waals surface area contributed by atoms with Crippen molar-refractivity contribution in [1.82, 2.24) is 4.98 Å². The highest BCUT2D eigenvalue weighted by molar-refractivity contribution is 6.29. The molecule has 0 amide bonds. The highest BCUT2D eigenvalue weighted by Gasteiger charge is 2.14. The Morgan fingerprint density at radius 1 is 1.10 bits per heavy atom. The maximum atomic E-state index is 10.9. The van der Waals surface area contributed by atoms with Crippen LogP contribution in [-0.4, -0.2) is 11.3 Å². The Hall–Kier alpha value is -1.93. The molecular formula is C18H18ClNO. The van der Waals surface area contributed by atoms with Crippen molar-refractivity contribution >= 4 is 23.5 Å². The Bertz CT molecular complexity index is 666. The molecule has 0 atom stereocenters. The summed E-state index contributed by atoms with van der Waals surface area (Å²) in [5.41, 5.74) is 4.06. The monoisotopic (exact) mass is 299 g/mol. The Balaban J connectivity index is 2.45. The second kappa shape index (κ2) is 6.23. The van der Waals surface area contributed by atoms with Crippen molar-refractivity contribution < 1.29 is 4.79 Å². The van der Waals surface area contributed by atoms with E-state index in [1.54, 1.807) is 18.3 Å². The van der Waals surface area contributed by atoms with Crippen LogP contribution in [0.5, 0.6) is 0 Å². The van der Waals surface area contributed by atoms with Crippen LogP contribution in [0.1, 0.15) is 37.5 Å². The van der Waals surface area contributed by atoms with Gasteiger partial charge in [0.25, 0.3) is 0 Å². The molecule has 2 nitrogen and oxygen atoms in total. The van der Waals surface area contributed by atoms with E-state index in [-0.39, 0.29) is 5.41 Å². The third-order valence-corrected chi connectivity index (χ3v) is 3.54. The van der Waals surface area contributed by atoms with Gasteiger partial charge >= 0.3 is 0 Å². The van der Waals surface area contributed by atoms with Crippen molar-refractivity contribution in [3.8, 4) is 0 Å². The van der Waals surface area contributed by atoms with Crippen molar-refractivity contribution in [2.75, 3.05) is 0 Å². The molecule has 21 heavy (non-hydrogen) atoms. The molecule has 1 heterocycles. The summed E-state index contributed by atoms with van der Waals surface area (Å²) in [5.74, 6) is 0. The molecule has 0 aliphatic carbocycles. The highest BCUT2D eigenvalue weighted by atomic mass is 35.5. The summed E-state index contributed by atoms with van der Waals surface area (Å²) in [4.78, 5) is 14.9. The van der Waals surface area contributed by atoms with Gasteiger partial charge in [-0.05, 0) is 45.9 Å². The van der Waals surface area contributed by atoms with E-state index in [9.17, 15) is 4.79 Å². The predicted octanol–water partition coefficient (Wildman–Crippen LogP) is 4.66. The fraction of sp³-hybridized carbons (Fsp3) is 0.222. The number of carbonyl (C=O) groups excluding carboxylic acids is 1. The summed E-state index contributed by atoms with van der Waals surface area (Å²) in [6, 6.07) is 11.9. The standard InChI is InChI=1S/C18H18ClNO/c1-18(2,3)15-6-4-13(5-7-15)16(9-11-21)14-8-10-20-17(19)12-14/h4-12H,1-3H3. The quantitative estimate of drug-likeness (QED) is 0.468. The third-order valence-electron chi connectivity index (χ3n) is 3.33. The topological polar surface area (TPSA) is 30.0 Å². The number of hydrogen-bond donors (Lipinski definition) is 0. The summed E-state index contributed by atoms with van der Waals surface area (Å²) in [6.45, 7) is 6.52. The van der Waals surface area contributed by atoms with Crippen LogP contribution in [0.2, 0.25) is 5.15 Å². The lowest BCUT2D eigenvalue weighted by molar-refractivity contribution is -0.104. The fourth-order valence-corrected chi connectivity index (χ4v) is 2.32. The van der Waals surface area contributed by atoms with Gasteiger partial charge in [-0.2, -0.15) is 0 Å². The molecule has 0 radical (unpaired) electrons. The largest absolute Gasteiger partial charge is 0.299 e. The molecule has 0 spiro atoms. The second-order valence-corrected chi connectivity index (χ2v) is 6.30. The van der Waals surface area contributed by atoms with Crippen molar-refractivity contribution in [1.29, 1.82) is 0 Å². The molecule has 2 aromatic rings. The predicted molar refractivity (Wildman–Crippen MR) is 87.5 cm³/mol. The van der Waals surface area contributed by atoms with Gasteiger partial charge in [0.05, 0.1) is 0 Å². The molecule has 108 valence electrons. The molecule has 0 fully saturated rings. The number of carbonyl (C=O) groups is 1. The van der Waals surface area contributed by atoms with Gasteiger partial charge in [-0.1, -0.05) is 56.6 Å². The van der Waals surface area contributed by atoms with E-state index in [1.165, 1.54) is 5.56 Å². The number of hydrogen-bond acceptors (Lipinski definition) is 2. The minimum atomic E-state index is 0.104.